The monoisotopic (exact) mass is 368 g/mol. The van der Waals surface area contributed by atoms with Crippen LogP contribution in [0.4, 0.5) is 4.79 Å². The second kappa shape index (κ2) is 8.39. The minimum Gasteiger partial charge on any atom is -0.338 e. The molecule has 2 rings (SSSR count). The van der Waals surface area contributed by atoms with Crippen molar-refractivity contribution in [2.24, 2.45) is 0 Å². The topological polar surface area (TPSA) is 76.0 Å². The number of hydrogen-bond acceptors (Lipinski definition) is 4. The Bertz CT molecular complexity index is 747. The first-order valence-corrected chi connectivity index (χ1v) is 9.13. The molecule has 1 unspecified atom stereocenters. The van der Waals surface area contributed by atoms with Gasteiger partial charge in [0, 0.05) is 18.1 Å². The summed E-state index contributed by atoms with van der Waals surface area (Å²) in [4.78, 5) is 28.2. The van der Waals surface area contributed by atoms with E-state index in [9.17, 15) is 9.59 Å². The number of nitrogens with zero attached hydrogens (tertiary/aromatic N) is 2. The van der Waals surface area contributed by atoms with Crippen molar-refractivity contribution in [2.75, 3.05) is 6.54 Å². The van der Waals surface area contributed by atoms with E-state index in [2.05, 4.69) is 27.1 Å². The van der Waals surface area contributed by atoms with Crippen LogP contribution in [0, 0.1) is 0 Å². The average Bonchev–Trinajstić information content (AvgIpc) is 2.84. The summed E-state index contributed by atoms with van der Waals surface area (Å²) in [6.07, 6.45) is 0.946. The number of carbonyl (C=O) groups is 2. The fourth-order valence-corrected chi connectivity index (χ4v) is 3.36. The van der Waals surface area contributed by atoms with E-state index in [1.165, 1.54) is 11.8 Å². The molecule has 0 aliphatic rings. The van der Waals surface area contributed by atoms with Gasteiger partial charge in [-0.2, -0.15) is 0 Å². The molecule has 1 atom stereocenters. The Morgan fingerprint density at radius 3 is 2.79 bits per heavy atom. The summed E-state index contributed by atoms with van der Waals surface area (Å²) >= 11 is 7.36. The number of hydrogen-bond donors (Lipinski definition) is 2. The second-order valence-electron chi connectivity index (χ2n) is 5.29. The van der Waals surface area contributed by atoms with Gasteiger partial charge in [0.05, 0.1) is 16.3 Å². The molecule has 6 nitrogen and oxygen atoms in total. The van der Waals surface area contributed by atoms with Crippen molar-refractivity contribution >= 4 is 46.3 Å². The lowest BCUT2D eigenvalue weighted by Crippen LogP contribution is -2.42. The van der Waals surface area contributed by atoms with Crippen LogP contribution < -0.4 is 10.6 Å². The first-order chi connectivity index (χ1) is 11.5. The number of carbonyl (C=O) groups excluding carboxylic acids is 2. The van der Waals surface area contributed by atoms with Crippen LogP contribution in [0.15, 0.2) is 23.4 Å². The van der Waals surface area contributed by atoms with Gasteiger partial charge >= 0.3 is 6.03 Å². The Morgan fingerprint density at radius 2 is 2.12 bits per heavy atom. The molecule has 8 heteroatoms. The van der Waals surface area contributed by atoms with Crippen LogP contribution >= 0.6 is 23.4 Å². The first-order valence-electron chi connectivity index (χ1n) is 7.87. The highest BCUT2D eigenvalue weighted by atomic mass is 35.5. The molecule has 0 radical (unpaired) electrons. The van der Waals surface area contributed by atoms with Gasteiger partial charge in [-0.05, 0) is 38.5 Å². The van der Waals surface area contributed by atoms with Crippen LogP contribution in [0.2, 0.25) is 5.02 Å². The van der Waals surface area contributed by atoms with E-state index in [-0.39, 0.29) is 5.91 Å². The summed E-state index contributed by atoms with van der Waals surface area (Å²) in [6.45, 7) is 6.89. The van der Waals surface area contributed by atoms with E-state index in [0.717, 1.165) is 29.2 Å². The van der Waals surface area contributed by atoms with E-state index in [0.29, 0.717) is 11.6 Å². The molecule has 0 aliphatic heterocycles. The Labute approximate surface area is 150 Å². The molecule has 1 aromatic heterocycles. The molecule has 0 saturated carbocycles. The standard InChI is InChI=1S/C16H21ClN4O2S/c1-4-8-21-13-7-6-11(17)9-12(13)19-16(21)24-10(3)14(22)20-15(23)18-5-2/h6-7,9-10H,4-5,8H2,1-3H3,(H2,18,20,22,23). The number of rotatable bonds is 6. The van der Waals surface area contributed by atoms with Gasteiger partial charge in [-0.3, -0.25) is 10.1 Å². The molecule has 1 aromatic carbocycles. The Kier molecular flexibility index (Phi) is 6.51. The quantitative estimate of drug-likeness (QED) is 0.766. The van der Waals surface area contributed by atoms with E-state index in [4.69, 9.17) is 11.6 Å². The molecule has 0 bridgehead atoms. The molecule has 3 amide bonds. The molecular formula is C16H21ClN4O2S. The van der Waals surface area contributed by atoms with Gasteiger partial charge in [-0.1, -0.05) is 30.3 Å². The third kappa shape index (κ3) is 4.42. The Balaban J connectivity index is 2.20. The number of benzene rings is 1. The van der Waals surface area contributed by atoms with Crippen molar-refractivity contribution in [1.29, 1.82) is 0 Å². The van der Waals surface area contributed by atoms with Crippen LogP contribution in [0.5, 0.6) is 0 Å². The fourth-order valence-electron chi connectivity index (χ4n) is 2.24. The van der Waals surface area contributed by atoms with E-state index < -0.39 is 11.3 Å². The lowest BCUT2D eigenvalue weighted by Gasteiger charge is -2.12. The first kappa shape index (κ1) is 18.6. The van der Waals surface area contributed by atoms with Crippen LogP contribution in [-0.2, 0) is 11.3 Å². The summed E-state index contributed by atoms with van der Waals surface area (Å²) in [7, 11) is 0. The average molecular weight is 369 g/mol. The second-order valence-corrected chi connectivity index (χ2v) is 7.03. The summed E-state index contributed by atoms with van der Waals surface area (Å²) in [5, 5.41) is 5.79. The van der Waals surface area contributed by atoms with Crippen molar-refractivity contribution in [3.63, 3.8) is 0 Å². The van der Waals surface area contributed by atoms with Crippen LogP contribution in [0.3, 0.4) is 0 Å². The number of thioether (sulfide) groups is 1. The van der Waals surface area contributed by atoms with Gasteiger partial charge in [-0.25, -0.2) is 9.78 Å². The maximum absolute atomic E-state index is 12.1. The zero-order valence-corrected chi connectivity index (χ0v) is 15.5. The molecule has 0 spiro atoms. The fraction of sp³-hybridized carbons (Fsp3) is 0.438. The molecule has 130 valence electrons. The van der Waals surface area contributed by atoms with Crippen molar-refractivity contribution in [3.8, 4) is 0 Å². The number of urea groups is 1. The zero-order valence-electron chi connectivity index (χ0n) is 13.9. The molecule has 2 aromatic rings. The molecule has 0 fully saturated rings. The van der Waals surface area contributed by atoms with Crippen LogP contribution in [0.25, 0.3) is 11.0 Å². The molecular weight excluding hydrogens is 348 g/mol. The predicted molar refractivity (Wildman–Crippen MR) is 97.6 cm³/mol. The third-order valence-corrected chi connectivity index (χ3v) is 4.67. The number of nitrogens with one attached hydrogen (secondary N) is 2. The lowest BCUT2D eigenvalue weighted by atomic mass is 10.3. The molecule has 0 aliphatic carbocycles. The minimum atomic E-state index is -0.483. The molecule has 1 heterocycles. The molecule has 24 heavy (non-hydrogen) atoms. The maximum Gasteiger partial charge on any atom is 0.321 e. The minimum absolute atomic E-state index is 0.348. The van der Waals surface area contributed by atoms with Gasteiger partial charge in [0.25, 0.3) is 0 Å². The normalized spacial score (nSPS) is 12.2. The Hall–Kier alpha value is -1.73. The van der Waals surface area contributed by atoms with E-state index >= 15 is 0 Å². The van der Waals surface area contributed by atoms with Crippen molar-refractivity contribution < 1.29 is 9.59 Å². The number of amides is 3. The zero-order chi connectivity index (χ0) is 17.7. The number of aryl methyl sites for hydroxylation is 1. The van der Waals surface area contributed by atoms with Gasteiger partial charge in [0.15, 0.2) is 5.16 Å². The summed E-state index contributed by atoms with van der Waals surface area (Å²) in [5.74, 6) is -0.348. The lowest BCUT2D eigenvalue weighted by molar-refractivity contribution is -0.119. The van der Waals surface area contributed by atoms with Crippen molar-refractivity contribution in [3.05, 3.63) is 23.2 Å². The third-order valence-electron chi connectivity index (χ3n) is 3.35. The number of imide groups is 1. The van der Waals surface area contributed by atoms with Crippen LogP contribution in [-0.4, -0.2) is 33.3 Å². The van der Waals surface area contributed by atoms with Gasteiger partial charge in [0.2, 0.25) is 5.91 Å². The van der Waals surface area contributed by atoms with E-state index in [1.807, 2.05) is 18.2 Å². The predicted octanol–water partition coefficient (Wildman–Crippen LogP) is 3.43. The smallest absolute Gasteiger partial charge is 0.321 e. The molecule has 2 N–H and O–H groups in total. The van der Waals surface area contributed by atoms with Gasteiger partial charge in [-0.15, -0.1) is 0 Å². The number of aromatic nitrogens is 2. The summed E-state index contributed by atoms with van der Waals surface area (Å²) < 4.78 is 2.08. The van der Waals surface area contributed by atoms with Crippen molar-refractivity contribution in [2.45, 2.75) is 44.1 Å². The molecule has 0 saturated heterocycles. The van der Waals surface area contributed by atoms with Crippen LogP contribution in [0.1, 0.15) is 27.2 Å². The number of imidazole rings is 1. The van der Waals surface area contributed by atoms with Crippen molar-refractivity contribution in [1.82, 2.24) is 20.2 Å². The largest absolute Gasteiger partial charge is 0.338 e. The maximum atomic E-state index is 12.1. The van der Waals surface area contributed by atoms with E-state index in [1.54, 1.807) is 13.8 Å². The highest BCUT2D eigenvalue weighted by Gasteiger charge is 2.20. The van der Waals surface area contributed by atoms with Gasteiger partial charge < -0.3 is 9.88 Å². The summed E-state index contributed by atoms with van der Waals surface area (Å²) in [5.41, 5.74) is 1.79. The SMILES string of the molecule is CCCn1c(SC(C)C(=O)NC(=O)NCC)nc2cc(Cl)ccc21. The number of halogens is 1. The Morgan fingerprint density at radius 1 is 1.38 bits per heavy atom. The highest BCUT2D eigenvalue weighted by molar-refractivity contribution is 8.00. The highest BCUT2D eigenvalue weighted by Crippen LogP contribution is 2.29. The summed E-state index contributed by atoms with van der Waals surface area (Å²) in [6, 6.07) is 5.09. The number of fused-ring (bicyclic) bond motifs is 1. The van der Waals surface area contributed by atoms with Gasteiger partial charge in [0.1, 0.15) is 0 Å².